The molecule has 0 saturated carbocycles. The Morgan fingerprint density at radius 1 is 0.778 bits per heavy atom. The van der Waals surface area contributed by atoms with E-state index in [0.717, 1.165) is 0 Å². The first kappa shape index (κ1) is 22.0. The van der Waals surface area contributed by atoms with Crippen molar-refractivity contribution in [1.82, 2.24) is 0 Å². The van der Waals surface area contributed by atoms with E-state index in [4.69, 9.17) is 0 Å². The van der Waals surface area contributed by atoms with E-state index in [1.807, 2.05) is 0 Å². The van der Waals surface area contributed by atoms with Crippen molar-refractivity contribution in [3.8, 4) is 0 Å². The summed E-state index contributed by atoms with van der Waals surface area (Å²) in [6, 6.07) is 2.52. The summed E-state index contributed by atoms with van der Waals surface area (Å²) in [5, 5.41) is 0.898. The summed E-state index contributed by atoms with van der Waals surface area (Å²) in [6.45, 7) is 24.1. The van der Waals surface area contributed by atoms with E-state index in [-0.39, 0.29) is 51.4 Å². The molecule has 0 aromatic heterocycles. The summed E-state index contributed by atoms with van der Waals surface area (Å²) in [7, 11) is -2.51. The van der Waals surface area contributed by atoms with Gasteiger partial charge in [-0.3, -0.25) is 0 Å². The van der Waals surface area contributed by atoms with Crippen molar-refractivity contribution < 1.29 is 51.4 Å². The van der Waals surface area contributed by atoms with Gasteiger partial charge in [-0.25, -0.2) is 17.8 Å². The number of hydrogen-bond donors (Lipinski definition) is 0. The van der Waals surface area contributed by atoms with Gasteiger partial charge < -0.3 is 0 Å². The Bertz CT molecular complexity index is 278. The average Bonchev–Trinajstić information content (AvgIpc) is 1.98. The van der Waals surface area contributed by atoms with Gasteiger partial charge in [0.05, 0.1) is 0 Å². The maximum absolute atomic E-state index is 2.52. The molecule has 0 unspecified atom stereocenters. The molecular weight excluding hydrogens is 275 g/mol. The van der Waals surface area contributed by atoms with Crippen LogP contribution in [-0.2, 0) is 0 Å². The quantitative estimate of drug-likeness (QED) is 0.555. The first-order valence-electron chi connectivity index (χ1n) is 6.74. The predicted molar refractivity (Wildman–Crippen MR) is 87.8 cm³/mol. The molecule has 0 aromatic rings. The van der Waals surface area contributed by atoms with E-state index < -0.39 is 16.1 Å². The molecular formula is C15H33KSi2. The Hall–Kier alpha value is 1.68. The Kier molecular flexibility index (Phi) is 8.66. The second-order valence-corrected chi connectivity index (χ2v) is 19.0. The van der Waals surface area contributed by atoms with Crippen molar-refractivity contribution in [1.29, 1.82) is 0 Å². The minimum Gasteiger partial charge on any atom is -0.235 e. The second-order valence-electron chi connectivity index (χ2n) is 8.47. The zero-order valence-corrected chi connectivity index (χ0v) is 19.9. The van der Waals surface area contributed by atoms with Crippen LogP contribution in [0.4, 0.5) is 0 Å². The molecule has 0 radical (unpaired) electrons. The number of allylic oxidation sites excluding steroid dienone is 1. The van der Waals surface area contributed by atoms with Crippen molar-refractivity contribution in [2.24, 2.45) is 0 Å². The van der Waals surface area contributed by atoms with E-state index in [9.17, 15) is 0 Å². The van der Waals surface area contributed by atoms with Crippen LogP contribution in [-0.4, -0.2) is 16.1 Å². The van der Waals surface area contributed by atoms with Crippen molar-refractivity contribution >= 4 is 16.1 Å². The number of hydrogen-bond acceptors (Lipinski definition) is 0. The third-order valence-corrected chi connectivity index (χ3v) is 14.7. The van der Waals surface area contributed by atoms with Crippen LogP contribution in [0, 0.1) is 6.04 Å². The summed E-state index contributed by atoms with van der Waals surface area (Å²) in [4.78, 5) is 0. The molecule has 0 fully saturated rings. The van der Waals surface area contributed by atoms with Crippen LogP contribution in [0.5, 0.6) is 0 Å². The zero-order chi connectivity index (χ0) is 14.1. The Balaban J connectivity index is 0. The van der Waals surface area contributed by atoms with Crippen LogP contribution in [0.25, 0.3) is 0 Å². The van der Waals surface area contributed by atoms with Crippen LogP contribution in [0.1, 0.15) is 41.5 Å². The maximum atomic E-state index is 2.52. The molecule has 0 aromatic carbocycles. The normalized spacial score (nSPS) is 14.6. The smallest absolute Gasteiger partial charge is 0.235 e. The first-order chi connectivity index (χ1) is 7.21. The van der Waals surface area contributed by atoms with E-state index in [1.54, 1.807) is 0 Å². The maximum Gasteiger partial charge on any atom is 1.00 e. The van der Waals surface area contributed by atoms with Gasteiger partial charge >= 0.3 is 51.4 Å². The van der Waals surface area contributed by atoms with Gasteiger partial charge in [-0.1, -0.05) is 77.8 Å². The van der Waals surface area contributed by atoms with Crippen LogP contribution in [0.2, 0.25) is 36.3 Å². The molecule has 18 heavy (non-hydrogen) atoms. The van der Waals surface area contributed by atoms with Crippen LogP contribution < -0.4 is 51.4 Å². The van der Waals surface area contributed by atoms with E-state index in [1.165, 1.54) is 0 Å². The van der Waals surface area contributed by atoms with Gasteiger partial charge in [0.2, 0.25) is 0 Å². The van der Waals surface area contributed by atoms with Gasteiger partial charge in [0, 0.05) is 0 Å². The fourth-order valence-electron chi connectivity index (χ4n) is 1.03. The molecule has 0 bridgehead atoms. The molecule has 102 valence electrons. The molecule has 0 rings (SSSR count). The zero-order valence-electron chi connectivity index (χ0n) is 14.7. The predicted octanol–water partition coefficient (Wildman–Crippen LogP) is 2.85. The first-order valence-corrected chi connectivity index (χ1v) is 12.9. The minimum atomic E-state index is -1.25. The van der Waals surface area contributed by atoms with Crippen LogP contribution in [0.3, 0.4) is 0 Å². The fraction of sp³-hybridized carbons (Fsp3) is 0.800. The number of rotatable bonds is 3. The molecule has 0 nitrogen and oxygen atoms in total. The van der Waals surface area contributed by atoms with E-state index >= 15 is 0 Å². The van der Waals surface area contributed by atoms with Crippen molar-refractivity contribution in [2.75, 3.05) is 0 Å². The molecule has 0 saturated heterocycles. The SMILES string of the molecule is CC(C)(C)[Si](C)(C)C=C[CH-][Si](C)(C)C(C)(C)C.[K+]. The third-order valence-electron chi connectivity index (χ3n) is 4.89. The van der Waals surface area contributed by atoms with Gasteiger partial charge in [-0.2, -0.15) is 0 Å². The fourth-order valence-corrected chi connectivity index (χ4v) is 3.38. The van der Waals surface area contributed by atoms with Crippen LogP contribution >= 0.6 is 0 Å². The summed E-state index contributed by atoms with van der Waals surface area (Å²) >= 11 is 0. The summed E-state index contributed by atoms with van der Waals surface area (Å²) in [5.41, 5.74) is 2.52. The van der Waals surface area contributed by atoms with Gasteiger partial charge in [-0.05, 0) is 16.1 Å². The summed E-state index contributed by atoms with van der Waals surface area (Å²) in [5.74, 6) is 0. The molecule has 3 heteroatoms. The largest absolute Gasteiger partial charge is 1.00 e. The minimum absolute atomic E-state index is 0. The Labute approximate surface area is 161 Å². The van der Waals surface area contributed by atoms with Crippen molar-refractivity contribution in [2.45, 2.75) is 77.8 Å². The third kappa shape index (κ3) is 6.42. The second kappa shape index (κ2) is 7.10. The van der Waals surface area contributed by atoms with Crippen LogP contribution in [0.15, 0.2) is 11.8 Å². The van der Waals surface area contributed by atoms with E-state index in [0.29, 0.717) is 10.1 Å². The van der Waals surface area contributed by atoms with Gasteiger partial charge in [0.15, 0.2) is 0 Å². The molecule has 0 atom stereocenters. The molecule has 0 aliphatic carbocycles. The molecule has 0 amide bonds. The van der Waals surface area contributed by atoms with Gasteiger partial charge in [-0.15, -0.1) is 0 Å². The van der Waals surface area contributed by atoms with Crippen molar-refractivity contribution in [3.05, 3.63) is 17.8 Å². The molecule has 0 aliphatic rings. The van der Waals surface area contributed by atoms with Crippen molar-refractivity contribution in [3.63, 3.8) is 0 Å². The summed E-state index contributed by atoms with van der Waals surface area (Å²) in [6.07, 6.45) is 2.38. The van der Waals surface area contributed by atoms with Gasteiger partial charge in [0.25, 0.3) is 0 Å². The van der Waals surface area contributed by atoms with Gasteiger partial charge in [0.1, 0.15) is 0 Å². The standard InChI is InChI=1S/C15H33Si2.K/c1-14(2,3)16(7,8)12-11-13-17(9,10)15(4,5)6;/h11-13H,1-10H3;/q-1;+1. The summed E-state index contributed by atoms with van der Waals surface area (Å²) < 4.78 is 0. The average molecular weight is 309 g/mol. The Morgan fingerprint density at radius 2 is 1.17 bits per heavy atom. The monoisotopic (exact) mass is 308 g/mol. The topological polar surface area (TPSA) is 0 Å². The molecule has 0 spiro atoms. The molecule has 0 heterocycles. The van der Waals surface area contributed by atoms with E-state index in [2.05, 4.69) is 85.5 Å². The molecule has 0 N–H and O–H groups in total. The Morgan fingerprint density at radius 3 is 1.44 bits per heavy atom. The molecule has 0 aliphatic heterocycles.